The first kappa shape index (κ1) is 11.4. The monoisotopic (exact) mass is 214 g/mol. The molecule has 1 rings (SSSR count). The summed E-state index contributed by atoms with van der Waals surface area (Å²) in [7, 11) is 0. The molecule has 0 bridgehead atoms. The van der Waals surface area contributed by atoms with Gasteiger partial charge >= 0.3 is 5.97 Å². The second-order valence-electron chi connectivity index (χ2n) is 3.23. The Bertz CT molecular complexity index is 290. The van der Waals surface area contributed by atoms with Crippen LogP contribution in [0.3, 0.4) is 0 Å². The molecule has 1 aliphatic heterocycles. The van der Waals surface area contributed by atoms with Gasteiger partial charge in [-0.25, -0.2) is 4.99 Å². The first-order chi connectivity index (χ1) is 7.09. The van der Waals surface area contributed by atoms with Crippen molar-refractivity contribution in [2.75, 3.05) is 13.1 Å². The van der Waals surface area contributed by atoms with Gasteiger partial charge < -0.3 is 16.2 Å². The third-order valence-corrected chi connectivity index (χ3v) is 1.94. The van der Waals surface area contributed by atoms with Crippen LogP contribution in [0, 0.1) is 0 Å². The number of guanidine groups is 1. The van der Waals surface area contributed by atoms with E-state index < -0.39 is 12.0 Å². The molecule has 0 radical (unpaired) electrons. The summed E-state index contributed by atoms with van der Waals surface area (Å²) in [5.41, 5.74) is 5.31. The minimum atomic E-state index is -0.999. The van der Waals surface area contributed by atoms with Crippen molar-refractivity contribution in [2.24, 2.45) is 10.7 Å². The van der Waals surface area contributed by atoms with Crippen molar-refractivity contribution >= 4 is 17.8 Å². The average molecular weight is 214 g/mol. The molecule has 1 aliphatic rings. The summed E-state index contributed by atoms with van der Waals surface area (Å²) in [6.07, 6.45) is 1.01. The van der Waals surface area contributed by atoms with Gasteiger partial charge in [-0.15, -0.1) is 0 Å². The maximum absolute atomic E-state index is 10.7. The van der Waals surface area contributed by atoms with E-state index in [1.807, 2.05) is 0 Å². The van der Waals surface area contributed by atoms with Crippen molar-refractivity contribution in [2.45, 2.75) is 18.9 Å². The van der Waals surface area contributed by atoms with E-state index in [2.05, 4.69) is 15.6 Å². The van der Waals surface area contributed by atoms with Crippen molar-refractivity contribution in [1.82, 2.24) is 10.6 Å². The fourth-order valence-electron chi connectivity index (χ4n) is 1.11. The van der Waals surface area contributed by atoms with Crippen LogP contribution in [0.15, 0.2) is 4.99 Å². The molecule has 0 aliphatic carbocycles. The number of carboxylic acids is 1. The molecular formula is C8H14N4O3. The van der Waals surface area contributed by atoms with Gasteiger partial charge in [0.2, 0.25) is 5.91 Å². The fraction of sp³-hybridized carbons (Fsp3) is 0.625. The lowest BCUT2D eigenvalue weighted by atomic mass is 10.2. The highest BCUT2D eigenvalue weighted by Crippen LogP contribution is 1.93. The molecule has 0 spiro atoms. The minimum absolute atomic E-state index is 0.139. The minimum Gasteiger partial charge on any atom is -0.480 e. The van der Waals surface area contributed by atoms with Crippen LogP contribution in [0.2, 0.25) is 0 Å². The van der Waals surface area contributed by atoms with Crippen LogP contribution in [0.5, 0.6) is 0 Å². The summed E-state index contributed by atoms with van der Waals surface area (Å²) in [6, 6.07) is -0.827. The second kappa shape index (κ2) is 5.30. The van der Waals surface area contributed by atoms with Gasteiger partial charge in [-0.1, -0.05) is 0 Å². The lowest BCUT2D eigenvalue weighted by Gasteiger charge is -2.07. The molecule has 1 atom stereocenters. The number of amides is 1. The van der Waals surface area contributed by atoms with Crippen molar-refractivity contribution in [3.8, 4) is 0 Å². The summed E-state index contributed by atoms with van der Waals surface area (Å²) in [6.45, 7) is 0.692. The van der Waals surface area contributed by atoms with E-state index >= 15 is 0 Å². The molecule has 5 N–H and O–H groups in total. The number of hydrogen-bond donors (Lipinski definition) is 4. The Morgan fingerprint density at radius 1 is 1.73 bits per heavy atom. The first-order valence-corrected chi connectivity index (χ1v) is 4.66. The quantitative estimate of drug-likeness (QED) is 0.405. The molecule has 84 valence electrons. The van der Waals surface area contributed by atoms with Gasteiger partial charge in [0.1, 0.15) is 12.6 Å². The SMILES string of the molecule is N[C@@H](CCCNC1=NCC(=O)N1)C(=O)O. The number of aliphatic carboxylic acids is 1. The zero-order valence-electron chi connectivity index (χ0n) is 8.19. The molecule has 0 aromatic rings. The molecule has 0 fully saturated rings. The molecule has 15 heavy (non-hydrogen) atoms. The third-order valence-electron chi connectivity index (χ3n) is 1.94. The first-order valence-electron chi connectivity index (χ1n) is 4.66. The van der Waals surface area contributed by atoms with E-state index in [9.17, 15) is 9.59 Å². The maximum atomic E-state index is 10.7. The standard InChI is InChI=1S/C8H14N4O3/c9-5(7(14)15)2-1-3-10-8-11-4-6(13)12-8/h5H,1-4,9H2,(H,14,15)(H2,10,11,12,13)/t5-/m0/s1. The Morgan fingerprint density at radius 2 is 2.47 bits per heavy atom. The van der Waals surface area contributed by atoms with Gasteiger partial charge in [0.15, 0.2) is 5.96 Å². The van der Waals surface area contributed by atoms with Gasteiger partial charge in [-0.2, -0.15) is 0 Å². The van der Waals surface area contributed by atoms with Crippen molar-refractivity contribution in [3.05, 3.63) is 0 Å². The molecule has 0 aromatic carbocycles. The molecule has 0 saturated carbocycles. The normalized spacial score (nSPS) is 16.9. The van der Waals surface area contributed by atoms with Crippen LogP contribution in [-0.4, -0.2) is 42.1 Å². The van der Waals surface area contributed by atoms with E-state index in [0.717, 1.165) is 0 Å². The lowest BCUT2D eigenvalue weighted by Crippen LogP contribution is -2.37. The van der Waals surface area contributed by atoms with Gasteiger partial charge in [0.25, 0.3) is 0 Å². The number of nitrogens with zero attached hydrogens (tertiary/aromatic N) is 1. The van der Waals surface area contributed by atoms with E-state index in [1.165, 1.54) is 0 Å². The van der Waals surface area contributed by atoms with Crippen LogP contribution in [0.4, 0.5) is 0 Å². The predicted molar refractivity (Wildman–Crippen MR) is 53.3 cm³/mol. The Balaban J connectivity index is 2.07. The molecule has 0 aromatic heterocycles. The van der Waals surface area contributed by atoms with Crippen LogP contribution >= 0.6 is 0 Å². The van der Waals surface area contributed by atoms with E-state index in [4.69, 9.17) is 10.8 Å². The van der Waals surface area contributed by atoms with Gasteiger partial charge in [0.05, 0.1) is 0 Å². The van der Waals surface area contributed by atoms with Crippen LogP contribution in [0.25, 0.3) is 0 Å². The molecule has 0 saturated heterocycles. The Morgan fingerprint density at radius 3 is 3.00 bits per heavy atom. The van der Waals surface area contributed by atoms with Gasteiger partial charge in [-0.05, 0) is 12.8 Å². The predicted octanol–water partition coefficient (Wildman–Crippen LogP) is -1.75. The van der Waals surface area contributed by atoms with Gasteiger partial charge in [-0.3, -0.25) is 14.9 Å². The lowest BCUT2D eigenvalue weighted by molar-refractivity contribution is -0.138. The second-order valence-corrected chi connectivity index (χ2v) is 3.23. The van der Waals surface area contributed by atoms with Crippen molar-refractivity contribution in [3.63, 3.8) is 0 Å². The van der Waals surface area contributed by atoms with Crippen LogP contribution in [0.1, 0.15) is 12.8 Å². The number of carbonyl (C=O) groups is 2. The van der Waals surface area contributed by atoms with Gasteiger partial charge in [0, 0.05) is 6.54 Å². The summed E-state index contributed by atoms with van der Waals surface area (Å²) in [4.78, 5) is 25.0. The van der Waals surface area contributed by atoms with Crippen molar-refractivity contribution < 1.29 is 14.7 Å². The van der Waals surface area contributed by atoms with Crippen LogP contribution in [-0.2, 0) is 9.59 Å². The average Bonchev–Trinajstić information content (AvgIpc) is 2.58. The molecular weight excluding hydrogens is 200 g/mol. The Labute approximate surface area is 86.7 Å². The zero-order valence-corrected chi connectivity index (χ0v) is 8.19. The summed E-state index contributed by atoms with van der Waals surface area (Å²) in [5.74, 6) is -0.690. The van der Waals surface area contributed by atoms with E-state index in [-0.39, 0.29) is 12.5 Å². The summed E-state index contributed by atoms with van der Waals surface area (Å²) >= 11 is 0. The molecule has 1 heterocycles. The maximum Gasteiger partial charge on any atom is 0.320 e. The van der Waals surface area contributed by atoms with Crippen LogP contribution < -0.4 is 16.4 Å². The topological polar surface area (TPSA) is 117 Å². The molecule has 0 unspecified atom stereocenters. The number of carbonyl (C=O) groups excluding carboxylic acids is 1. The number of hydrogen-bond acceptors (Lipinski definition) is 5. The summed E-state index contributed by atoms with van der Waals surface area (Å²) < 4.78 is 0. The number of nitrogens with two attached hydrogens (primary N) is 1. The highest BCUT2D eigenvalue weighted by Gasteiger charge is 2.13. The van der Waals surface area contributed by atoms with E-state index in [1.54, 1.807) is 0 Å². The molecule has 7 nitrogen and oxygen atoms in total. The number of carboxylic acid groups (broad SMARTS) is 1. The Hall–Kier alpha value is -1.63. The highest BCUT2D eigenvalue weighted by atomic mass is 16.4. The number of aliphatic imine (C=N–C) groups is 1. The molecule has 1 amide bonds. The number of nitrogens with one attached hydrogen (secondary N) is 2. The van der Waals surface area contributed by atoms with E-state index in [0.29, 0.717) is 25.3 Å². The summed E-state index contributed by atoms with van der Waals surface area (Å²) in [5, 5.41) is 13.9. The molecule has 7 heteroatoms. The smallest absolute Gasteiger partial charge is 0.320 e. The highest BCUT2D eigenvalue weighted by molar-refractivity contribution is 6.02. The number of rotatable bonds is 5. The Kier molecular flexibility index (Phi) is 4.04. The fourth-order valence-corrected chi connectivity index (χ4v) is 1.11. The third kappa shape index (κ3) is 3.94. The zero-order chi connectivity index (χ0) is 11.3. The largest absolute Gasteiger partial charge is 0.480 e. The van der Waals surface area contributed by atoms with Crippen molar-refractivity contribution in [1.29, 1.82) is 0 Å².